The molecule has 0 bridgehead atoms. The summed E-state index contributed by atoms with van der Waals surface area (Å²) in [6.45, 7) is 9.22. The fourth-order valence-electron chi connectivity index (χ4n) is 1.31. The Balaban J connectivity index is 2.78. The maximum Gasteiger partial charge on any atom is 0.0837 e. The van der Waals surface area contributed by atoms with Crippen LogP contribution in [-0.4, -0.2) is 22.4 Å². The van der Waals surface area contributed by atoms with Crippen molar-refractivity contribution in [3.8, 4) is 0 Å². The van der Waals surface area contributed by atoms with Gasteiger partial charge >= 0.3 is 0 Å². The van der Waals surface area contributed by atoms with E-state index in [-0.39, 0.29) is 5.92 Å². The molecule has 0 heterocycles. The van der Waals surface area contributed by atoms with Gasteiger partial charge in [0.15, 0.2) is 0 Å². The summed E-state index contributed by atoms with van der Waals surface area (Å²) < 4.78 is 0. The molecule has 0 aromatic rings. The zero-order chi connectivity index (χ0) is 8.59. The third-order valence-corrected chi connectivity index (χ3v) is 2.37. The molecule has 3 atom stereocenters. The second-order valence-electron chi connectivity index (χ2n) is 3.20. The Kier molecular flexibility index (Phi) is 2.16. The Morgan fingerprint density at radius 3 is 2.45 bits per heavy atom. The molecule has 1 aliphatic carbocycles. The van der Waals surface area contributed by atoms with Crippen molar-refractivity contribution in [3.05, 3.63) is 24.3 Å². The molecule has 62 valence electrons. The first kappa shape index (κ1) is 8.50. The Hall–Kier alpha value is -0.600. The highest BCUT2D eigenvalue weighted by Gasteiger charge is 2.31. The van der Waals surface area contributed by atoms with Crippen LogP contribution < -0.4 is 0 Å². The summed E-state index contributed by atoms with van der Waals surface area (Å²) in [5.74, 6) is -0.118. The Morgan fingerprint density at radius 1 is 1.36 bits per heavy atom. The van der Waals surface area contributed by atoms with Gasteiger partial charge in [-0.1, -0.05) is 20.1 Å². The predicted molar refractivity (Wildman–Crippen MR) is 44.1 cm³/mol. The van der Waals surface area contributed by atoms with Gasteiger partial charge in [0.05, 0.1) is 12.2 Å². The van der Waals surface area contributed by atoms with Crippen LogP contribution in [-0.2, 0) is 0 Å². The van der Waals surface area contributed by atoms with E-state index in [2.05, 4.69) is 13.2 Å². The van der Waals surface area contributed by atoms with Gasteiger partial charge in [-0.3, -0.25) is 0 Å². The monoisotopic (exact) mass is 154 g/mol. The Bertz CT molecular complexity index is 196. The van der Waals surface area contributed by atoms with Gasteiger partial charge < -0.3 is 10.2 Å². The molecule has 11 heavy (non-hydrogen) atoms. The number of aliphatic hydroxyl groups is 2. The molecule has 2 N–H and O–H groups in total. The van der Waals surface area contributed by atoms with Crippen molar-refractivity contribution in [2.45, 2.75) is 25.6 Å². The van der Waals surface area contributed by atoms with Crippen LogP contribution >= 0.6 is 0 Å². The van der Waals surface area contributed by atoms with Crippen LogP contribution in [0.15, 0.2) is 24.3 Å². The molecule has 2 nitrogen and oxygen atoms in total. The summed E-state index contributed by atoms with van der Waals surface area (Å²) in [6.07, 6.45) is -0.550. The second-order valence-corrected chi connectivity index (χ2v) is 3.20. The molecule has 1 fully saturated rings. The van der Waals surface area contributed by atoms with Gasteiger partial charge in [0, 0.05) is 5.92 Å². The summed E-state index contributed by atoms with van der Waals surface area (Å²) in [7, 11) is 0. The predicted octanol–water partition coefficient (Wildman–Crippen LogP) is 0.860. The van der Waals surface area contributed by atoms with Gasteiger partial charge in [-0.2, -0.15) is 0 Å². The van der Waals surface area contributed by atoms with Crippen molar-refractivity contribution in [2.24, 2.45) is 5.92 Å². The zero-order valence-electron chi connectivity index (χ0n) is 6.75. The van der Waals surface area contributed by atoms with E-state index in [9.17, 15) is 10.2 Å². The summed E-state index contributed by atoms with van der Waals surface area (Å²) in [4.78, 5) is 0. The van der Waals surface area contributed by atoms with E-state index < -0.39 is 12.2 Å². The Labute approximate surface area is 66.9 Å². The van der Waals surface area contributed by atoms with Crippen LogP contribution in [0.4, 0.5) is 0 Å². The highest BCUT2D eigenvalue weighted by Crippen LogP contribution is 2.30. The lowest BCUT2D eigenvalue weighted by Gasteiger charge is -2.32. The lowest BCUT2D eigenvalue weighted by molar-refractivity contribution is 0.0285. The van der Waals surface area contributed by atoms with Gasteiger partial charge in [-0.25, -0.2) is 0 Å². The number of rotatable bonds is 0. The summed E-state index contributed by atoms with van der Waals surface area (Å²) >= 11 is 0. The van der Waals surface area contributed by atoms with Crippen LogP contribution in [0.5, 0.6) is 0 Å². The number of aliphatic hydroxyl groups excluding tert-OH is 2. The van der Waals surface area contributed by atoms with E-state index in [1.807, 2.05) is 6.92 Å². The quantitative estimate of drug-likeness (QED) is 0.543. The van der Waals surface area contributed by atoms with Crippen molar-refractivity contribution in [3.63, 3.8) is 0 Å². The van der Waals surface area contributed by atoms with Crippen molar-refractivity contribution in [2.75, 3.05) is 0 Å². The van der Waals surface area contributed by atoms with E-state index in [1.165, 1.54) is 0 Å². The molecule has 0 radical (unpaired) electrons. The molecule has 1 aliphatic rings. The van der Waals surface area contributed by atoms with Gasteiger partial charge in [0.2, 0.25) is 0 Å². The van der Waals surface area contributed by atoms with E-state index >= 15 is 0 Å². The molecular weight excluding hydrogens is 140 g/mol. The van der Waals surface area contributed by atoms with Crippen LogP contribution in [0.1, 0.15) is 13.3 Å². The normalized spacial score (nSPS) is 39.4. The summed E-state index contributed by atoms with van der Waals surface area (Å²) in [5, 5.41) is 18.8. The molecule has 0 amide bonds. The molecule has 0 aromatic carbocycles. The van der Waals surface area contributed by atoms with E-state index in [0.29, 0.717) is 12.0 Å². The first-order valence-corrected chi connectivity index (χ1v) is 3.77. The highest BCUT2D eigenvalue weighted by molar-refractivity contribution is 5.33. The molecule has 1 saturated carbocycles. The largest absolute Gasteiger partial charge is 0.392 e. The summed E-state index contributed by atoms with van der Waals surface area (Å²) in [6, 6.07) is 0. The first-order valence-electron chi connectivity index (χ1n) is 3.77. The van der Waals surface area contributed by atoms with Crippen molar-refractivity contribution < 1.29 is 10.2 Å². The molecule has 2 heteroatoms. The maximum absolute atomic E-state index is 9.47. The highest BCUT2D eigenvalue weighted by atomic mass is 16.3. The average molecular weight is 154 g/mol. The van der Waals surface area contributed by atoms with Crippen molar-refractivity contribution in [1.82, 2.24) is 0 Å². The fraction of sp³-hybridized carbons (Fsp3) is 0.556. The first-order chi connectivity index (χ1) is 5.04. The molecule has 0 unspecified atom stereocenters. The third kappa shape index (κ3) is 1.37. The standard InChI is InChI=1S/C9H14O2/c1-5-4-8(10)7(3)9(11)6(5)2/h7-11H,1-2,4H2,3H3/t7-,8-,9+/m1/s1. The van der Waals surface area contributed by atoms with Crippen LogP contribution in [0, 0.1) is 5.92 Å². The van der Waals surface area contributed by atoms with Gasteiger partial charge in [0.25, 0.3) is 0 Å². The SMILES string of the molecule is C=C1C[C@@H](O)[C@@H](C)[C@@H](O)C1=C. The minimum absolute atomic E-state index is 0.118. The van der Waals surface area contributed by atoms with Crippen LogP contribution in [0.3, 0.4) is 0 Å². The third-order valence-electron chi connectivity index (χ3n) is 2.37. The van der Waals surface area contributed by atoms with E-state index in [4.69, 9.17) is 0 Å². The minimum Gasteiger partial charge on any atom is -0.392 e. The van der Waals surface area contributed by atoms with Crippen LogP contribution in [0.25, 0.3) is 0 Å². The van der Waals surface area contributed by atoms with E-state index in [0.717, 1.165) is 5.57 Å². The van der Waals surface area contributed by atoms with Crippen molar-refractivity contribution >= 4 is 0 Å². The molecule has 0 aromatic heterocycles. The molecule has 0 aliphatic heterocycles. The maximum atomic E-state index is 9.47. The molecule has 0 spiro atoms. The van der Waals surface area contributed by atoms with Gasteiger partial charge in [0.1, 0.15) is 0 Å². The zero-order valence-corrected chi connectivity index (χ0v) is 6.75. The van der Waals surface area contributed by atoms with E-state index in [1.54, 1.807) is 0 Å². The van der Waals surface area contributed by atoms with Gasteiger partial charge in [-0.05, 0) is 17.6 Å². The molecular formula is C9H14O2. The lowest BCUT2D eigenvalue weighted by atomic mass is 9.80. The van der Waals surface area contributed by atoms with Crippen molar-refractivity contribution in [1.29, 1.82) is 0 Å². The number of hydrogen-bond acceptors (Lipinski definition) is 2. The van der Waals surface area contributed by atoms with Gasteiger partial charge in [-0.15, -0.1) is 0 Å². The fourth-order valence-corrected chi connectivity index (χ4v) is 1.31. The Morgan fingerprint density at radius 2 is 1.91 bits per heavy atom. The number of hydrogen-bond donors (Lipinski definition) is 2. The summed E-state index contributed by atoms with van der Waals surface area (Å²) in [5.41, 5.74) is 1.44. The average Bonchev–Trinajstić information content (AvgIpc) is 1.97. The van der Waals surface area contributed by atoms with Crippen LogP contribution in [0.2, 0.25) is 0 Å². The minimum atomic E-state index is -0.619. The topological polar surface area (TPSA) is 40.5 Å². The second kappa shape index (κ2) is 2.80. The molecule has 1 rings (SSSR count). The lowest BCUT2D eigenvalue weighted by Crippen LogP contribution is -2.36. The smallest absolute Gasteiger partial charge is 0.0837 e. The molecule has 0 saturated heterocycles.